The monoisotopic (exact) mass is 301 g/mol. The van der Waals surface area contributed by atoms with Gasteiger partial charge in [-0.3, -0.25) is 9.48 Å². The van der Waals surface area contributed by atoms with Crippen LogP contribution in [-0.4, -0.2) is 28.9 Å². The van der Waals surface area contributed by atoms with Crippen molar-refractivity contribution in [2.45, 2.75) is 33.9 Å². The van der Waals surface area contributed by atoms with E-state index < -0.39 is 0 Å². The quantitative estimate of drug-likeness (QED) is 0.853. The average molecular weight is 301 g/mol. The maximum absolute atomic E-state index is 11.6. The van der Waals surface area contributed by atoms with Gasteiger partial charge in [0, 0.05) is 24.4 Å². The second-order valence-corrected chi connectivity index (χ2v) is 5.21. The van der Waals surface area contributed by atoms with Gasteiger partial charge < -0.3 is 10.1 Å². The fraction of sp³-hybridized carbons (Fsp3) is 0.412. The number of hydrogen-bond acceptors (Lipinski definition) is 3. The average Bonchev–Trinajstić information content (AvgIpc) is 2.78. The predicted octanol–water partition coefficient (Wildman–Crippen LogP) is 2.20. The largest absolute Gasteiger partial charge is 0.372 e. The minimum Gasteiger partial charge on any atom is -0.372 e. The summed E-state index contributed by atoms with van der Waals surface area (Å²) in [6.07, 6.45) is 0. The third-order valence-corrected chi connectivity index (χ3v) is 3.61. The van der Waals surface area contributed by atoms with Crippen molar-refractivity contribution in [1.29, 1.82) is 0 Å². The molecule has 0 saturated heterocycles. The Bertz CT molecular complexity index is 620. The summed E-state index contributed by atoms with van der Waals surface area (Å²) in [6, 6.07) is 10.2. The molecule has 0 aliphatic carbocycles. The predicted molar refractivity (Wildman–Crippen MR) is 85.6 cm³/mol. The topological polar surface area (TPSA) is 56.1 Å². The molecular formula is C17H23N3O2. The van der Waals surface area contributed by atoms with Gasteiger partial charge in [0.05, 0.1) is 12.2 Å². The Morgan fingerprint density at radius 1 is 1.27 bits per heavy atom. The van der Waals surface area contributed by atoms with Gasteiger partial charge in [-0.1, -0.05) is 30.3 Å². The van der Waals surface area contributed by atoms with Crippen molar-refractivity contribution in [2.75, 3.05) is 13.2 Å². The Morgan fingerprint density at radius 2 is 2.00 bits per heavy atom. The highest BCUT2D eigenvalue weighted by atomic mass is 16.5. The van der Waals surface area contributed by atoms with E-state index in [9.17, 15) is 4.79 Å². The van der Waals surface area contributed by atoms with Crippen molar-refractivity contribution in [2.24, 2.45) is 0 Å². The van der Waals surface area contributed by atoms with E-state index >= 15 is 0 Å². The number of nitrogens with one attached hydrogen (secondary N) is 1. The van der Waals surface area contributed by atoms with E-state index in [0.717, 1.165) is 23.5 Å². The Labute approximate surface area is 131 Å². The SMILES string of the molecule is CCOCC(=O)NCc1c(C)nn(Cc2ccccc2)c1C. The normalized spacial score (nSPS) is 10.7. The second kappa shape index (κ2) is 7.75. The highest BCUT2D eigenvalue weighted by Crippen LogP contribution is 2.14. The van der Waals surface area contributed by atoms with Gasteiger partial charge in [0.2, 0.25) is 5.91 Å². The van der Waals surface area contributed by atoms with E-state index in [-0.39, 0.29) is 12.5 Å². The number of amides is 1. The Balaban J connectivity index is 2.02. The second-order valence-electron chi connectivity index (χ2n) is 5.21. The number of hydrogen-bond donors (Lipinski definition) is 1. The van der Waals surface area contributed by atoms with Crippen molar-refractivity contribution in [3.63, 3.8) is 0 Å². The summed E-state index contributed by atoms with van der Waals surface area (Å²) in [5.74, 6) is -0.101. The molecule has 0 atom stereocenters. The van der Waals surface area contributed by atoms with E-state index in [0.29, 0.717) is 13.2 Å². The summed E-state index contributed by atoms with van der Waals surface area (Å²) in [5.41, 5.74) is 4.31. The first-order valence-electron chi connectivity index (χ1n) is 7.53. The number of aryl methyl sites for hydroxylation is 1. The molecule has 1 aromatic carbocycles. The summed E-state index contributed by atoms with van der Waals surface area (Å²) >= 11 is 0. The molecule has 2 aromatic rings. The van der Waals surface area contributed by atoms with Gasteiger partial charge in [-0.2, -0.15) is 5.10 Å². The van der Waals surface area contributed by atoms with Crippen LogP contribution in [0.25, 0.3) is 0 Å². The number of aromatic nitrogens is 2. The minimum atomic E-state index is -0.101. The van der Waals surface area contributed by atoms with Crippen molar-refractivity contribution < 1.29 is 9.53 Å². The zero-order chi connectivity index (χ0) is 15.9. The molecule has 1 aromatic heterocycles. The van der Waals surface area contributed by atoms with E-state index in [1.807, 2.05) is 43.7 Å². The molecule has 22 heavy (non-hydrogen) atoms. The van der Waals surface area contributed by atoms with Crippen LogP contribution in [0.1, 0.15) is 29.4 Å². The van der Waals surface area contributed by atoms with Crippen molar-refractivity contribution >= 4 is 5.91 Å². The first-order valence-corrected chi connectivity index (χ1v) is 7.53. The molecule has 0 fully saturated rings. The molecule has 0 aliphatic rings. The summed E-state index contributed by atoms with van der Waals surface area (Å²) in [5, 5.41) is 7.46. The summed E-state index contributed by atoms with van der Waals surface area (Å²) in [7, 11) is 0. The molecule has 118 valence electrons. The summed E-state index contributed by atoms with van der Waals surface area (Å²) in [6.45, 7) is 7.74. The summed E-state index contributed by atoms with van der Waals surface area (Å²) < 4.78 is 7.08. The van der Waals surface area contributed by atoms with Crippen molar-refractivity contribution in [3.8, 4) is 0 Å². The van der Waals surface area contributed by atoms with Crippen LogP contribution >= 0.6 is 0 Å². The van der Waals surface area contributed by atoms with Crippen molar-refractivity contribution in [3.05, 3.63) is 52.8 Å². The lowest BCUT2D eigenvalue weighted by molar-refractivity contribution is -0.125. The highest BCUT2D eigenvalue weighted by molar-refractivity contribution is 5.77. The molecule has 0 spiro atoms. The van der Waals surface area contributed by atoms with E-state index in [1.54, 1.807) is 0 Å². The molecular weight excluding hydrogens is 278 g/mol. The zero-order valence-corrected chi connectivity index (χ0v) is 13.4. The van der Waals surface area contributed by atoms with Crippen LogP contribution in [0.5, 0.6) is 0 Å². The molecule has 0 bridgehead atoms. The first-order chi connectivity index (χ1) is 10.6. The third-order valence-electron chi connectivity index (χ3n) is 3.61. The Kier molecular flexibility index (Phi) is 5.72. The van der Waals surface area contributed by atoms with Crippen molar-refractivity contribution in [1.82, 2.24) is 15.1 Å². The van der Waals surface area contributed by atoms with Gasteiger partial charge in [-0.15, -0.1) is 0 Å². The van der Waals surface area contributed by atoms with Crippen LogP contribution in [0.4, 0.5) is 0 Å². The fourth-order valence-corrected chi connectivity index (χ4v) is 2.33. The van der Waals surface area contributed by atoms with Crippen LogP contribution in [0.2, 0.25) is 0 Å². The lowest BCUT2D eigenvalue weighted by Gasteiger charge is -2.07. The maximum Gasteiger partial charge on any atom is 0.246 e. The lowest BCUT2D eigenvalue weighted by atomic mass is 10.2. The molecule has 2 rings (SSSR count). The molecule has 1 heterocycles. The number of carbonyl (C=O) groups excluding carboxylic acids is 1. The van der Waals surface area contributed by atoms with Crippen LogP contribution in [0.3, 0.4) is 0 Å². The van der Waals surface area contributed by atoms with Gasteiger partial charge in [0.15, 0.2) is 0 Å². The first kappa shape index (κ1) is 16.2. The highest BCUT2D eigenvalue weighted by Gasteiger charge is 2.12. The Hall–Kier alpha value is -2.14. The number of ether oxygens (including phenoxy) is 1. The summed E-state index contributed by atoms with van der Waals surface area (Å²) in [4.78, 5) is 11.6. The molecule has 0 aliphatic heterocycles. The van der Waals surface area contributed by atoms with Gasteiger partial charge in [-0.25, -0.2) is 0 Å². The maximum atomic E-state index is 11.6. The number of carbonyl (C=O) groups is 1. The zero-order valence-electron chi connectivity index (χ0n) is 13.4. The molecule has 0 saturated carbocycles. The smallest absolute Gasteiger partial charge is 0.246 e. The molecule has 5 heteroatoms. The van der Waals surface area contributed by atoms with Crippen LogP contribution < -0.4 is 5.32 Å². The standard InChI is InChI=1S/C17H23N3O2/c1-4-22-12-17(21)18-10-16-13(2)19-20(14(16)3)11-15-8-6-5-7-9-15/h5-9H,4,10-12H2,1-3H3,(H,18,21). The van der Waals surface area contributed by atoms with Crippen LogP contribution in [-0.2, 0) is 22.6 Å². The van der Waals surface area contributed by atoms with E-state index in [1.165, 1.54) is 5.56 Å². The minimum absolute atomic E-state index is 0.101. The fourth-order valence-electron chi connectivity index (χ4n) is 2.33. The Morgan fingerprint density at radius 3 is 2.68 bits per heavy atom. The number of rotatable bonds is 7. The van der Waals surface area contributed by atoms with E-state index in [4.69, 9.17) is 4.74 Å². The lowest BCUT2D eigenvalue weighted by Crippen LogP contribution is -2.27. The van der Waals surface area contributed by atoms with Gasteiger partial charge in [0.25, 0.3) is 0 Å². The van der Waals surface area contributed by atoms with Gasteiger partial charge in [-0.05, 0) is 26.3 Å². The van der Waals surface area contributed by atoms with Crippen LogP contribution in [0, 0.1) is 13.8 Å². The van der Waals surface area contributed by atoms with E-state index in [2.05, 4.69) is 22.5 Å². The van der Waals surface area contributed by atoms with Gasteiger partial charge in [0.1, 0.15) is 6.61 Å². The van der Waals surface area contributed by atoms with Crippen LogP contribution in [0.15, 0.2) is 30.3 Å². The number of nitrogens with zero attached hydrogens (tertiary/aromatic N) is 2. The molecule has 1 amide bonds. The molecule has 1 N–H and O–H groups in total. The van der Waals surface area contributed by atoms with Gasteiger partial charge >= 0.3 is 0 Å². The number of benzene rings is 1. The molecule has 0 radical (unpaired) electrons. The molecule has 5 nitrogen and oxygen atoms in total. The third kappa shape index (κ3) is 4.18. The molecule has 0 unspecified atom stereocenters.